The molecule has 0 spiro atoms. The molecule has 3 heteroatoms. The molecule has 0 atom stereocenters. The number of hydrogen-bond donors (Lipinski definition) is 2. The lowest BCUT2D eigenvalue weighted by atomic mass is 10.0. The van der Waals surface area contributed by atoms with Gasteiger partial charge in [-0.3, -0.25) is 0 Å². The van der Waals surface area contributed by atoms with Crippen LogP contribution in [0.1, 0.15) is 19.8 Å². The van der Waals surface area contributed by atoms with Gasteiger partial charge in [-0.2, -0.15) is 0 Å². The van der Waals surface area contributed by atoms with Gasteiger partial charge in [-0.15, -0.1) is 0 Å². The van der Waals surface area contributed by atoms with Crippen LogP contribution in [0.15, 0.2) is 42.5 Å². The van der Waals surface area contributed by atoms with Gasteiger partial charge in [-0.25, -0.2) is 0 Å². The van der Waals surface area contributed by atoms with Gasteiger partial charge in [0.05, 0.1) is 6.61 Å². The Morgan fingerprint density at radius 3 is 2.42 bits per heavy atom. The third-order valence-corrected chi connectivity index (χ3v) is 2.93. The second-order valence-electron chi connectivity index (χ2n) is 4.40. The lowest BCUT2D eigenvalue weighted by Gasteiger charge is -2.10. The normalized spacial score (nSPS) is 10.4. The third kappa shape index (κ3) is 3.19. The predicted octanol–water partition coefficient (Wildman–Crippen LogP) is 3.94. The third-order valence-electron chi connectivity index (χ3n) is 2.93. The molecule has 19 heavy (non-hydrogen) atoms. The molecule has 0 aliphatic rings. The van der Waals surface area contributed by atoms with Gasteiger partial charge in [0.1, 0.15) is 17.2 Å². The number of para-hydroxylation sites is 1. The predicted molar refractivity (Wildman–Crippen MR) is 75.6 cm³/mol. The van der Waals surface area contributed by atoms with Crippen LogP contribution in [0, 0.1) is 0 Å². The molecule has 2 N–H and O–H groups in total. The van der Waals surface area contributed by atoms with Crippen molar-refractivity contribution in [3.05, 3.63) is 42.5 Å². The highest BCUT2D eigenvalue weighted by molar-refractivity contribution is 5.76. The molecule has 0 saturated heterocycles. The molecule has 0 aliphatic heterocycles. The Hall–Kier alpha value is -2.16. The first-order valence-electron chi connectivity index (χ1n) is 6.46. The molecule has 0 amide bonds. The topological polar surface area (TPSA) is 49.7 Å². The van der Waals surface area contributed by atoms with Gasteiger partial charge in [0.2, 0.25) is 0 Å². The Morgan fingerprint density at radius 2 is 1.68 bits per heavy atom. The van der Waals surface area contributed by atoms with Crippen molar-refractivity contribution in [2.75, 3.05) is 6.61 Å². The molecule has 3 nitrogen and oxygen atoms in total. The molecule has 0 bridgehead atoms. The minimum atomic E-state index is 0.129. The second-order valence-corrected chi connectivity index (χ2v) is 4.40. The van der Waals surface area contributed by atoms with Crippen LogP contribution in [-0.2, 0) is 0 Å². The van der Waals surface area contributed by atoms with Crippen LogP contribution in [0.3, 0.4) is 0 Å². The van der Waals surface area contributed by atoms with Crippen molar-refractivity contribution in [3.63, 3.8) is 0 Å². The quantitative estimate of drug-likeness (QED) is 0.798. The molecule has 2 aromatic carbocycles. The summed E-state index contributed by atoms with van der Waals surface area (Å²) >= 11 is 0. The van der Waals surface area contributed by atoms with E-state index in [9.17, 15) is 10.2 Å². The average molecular weight is 258 g/mol. The van der Waals surface area contributed by atoms with E-state index in [-0.39, 0.29) is 11.5 Å². The molecule has 100 valence electrons. The highest BCUT2D eigenvalue weighted by Crippen LogP contribution is 2.37. The molecular formula is C16H18O3. The first kappa shape index (κ1) is 13.3. The van der Waals surface area contributed by atoms with Crippen LogP contribution in [0.4, 0.5) is 0 Å². The number of benzene rings is 2. The van der Waals surface area contributed by atoms with E-state index in [2.05, 4.69) is 6.92 Å². The van der Waals surface area contributed by atoms with Gasteiger partial charge in [-0.05, 0) is 30.7 Å². The number of aromatic hydroxyl groups is 2. The molecule has 0 aliphatic carbocycles. The Morgan fingerprint density at radius 1 is 0.947 bits per heavy atom. The number of hydrogen-bond acceptors (Lipinski definition) is 3. The largest absolute Gasteiger partial charge is 0.507 e. The van der Waals surface area contributed by atoms with Crippen molar-refractivity contribution >= 4 is 0 Å². The van der Waals surface area contributed by atoms with Gasteiger partial charge in [0.15, 0.2) is 0 Å². The summed E-state index contributed by atoms with van der Waals surface area (Å²) in [5.41, 5.74) is 1.17. The Balaban J connectivity index is 2.30. The zero-order chi connectivity index (χ0) is 13.7. The van der Waals surface area contributed by atoms with Crippen molar-refractivity contribution in [2.24, 2.45) is 0 Å². The van der Waals surface area contributed by atoms with E-state index in [4.69, 9.17) is 4.74 Å². The van der Waals surface area contributed by atoms with Gasteiger partial charge < -0.3 is 14.9 Å². The van der Waals surface area contributed by atoms with Gasteiger partial charge in [0.25, 0.3) is 0 Å². The Labute approximate surface area is 113 Å². The van der Waals surface area contributed by atoms with Crippen LogP contribution in [0.2, 0.25) is 0 Å². The monoisotopic (exact) mass is 258 g/mol. The van der Waals surface area contributed by atoms with E-state index >= 15 is 0 Å². The highest BCUT2D eigenvalue weighted by Gasteiger charge is 2.09. The molecule has 0 fully saturated rings. The van der Waals surface area contributed by atoms with Crippen molar-refractivity contribution < 1.29 is 14.9 Å². The lowest BCUT2D eigenvalue weighted by molar-refractivity contribution is 0.309. The molecular weight excluding hydrogens is 240 g/mol. The smallest absolute Gasteiger partial charge is 0.123 e. The van der Waals surface area contributed by atoms with E-state index in [1.807, 2.05) is 6.07 Å². The molecule has 2 aromatic rings. The number of phenolic OH excluding ortho intramolecular Hbond substituents is 2. The van der Waals surface area contributed by atoms with E-state index in [1.54, 1.807) is 36.4 Å². The minimum absolute atomic E-state index is 0.129. The standard InChI is InChI=1S/C16H18O3/c1-2-3-10-19-12-8-9-16(18)14(11-12)13-6-4-5-7-15(13)17/h4-9,11,17-18H,2-3,10H2,1H3. The summed E-state index contributed by atoms with van der Waals surface area (Å²) in [6.45, 7) is 2.76. The van der Waals surface area contributed by atoms with Crippen LogP contribution < -0.4 is 4.74 Å². The van der Waals surface area contributed by atoms with Crippen LogP contribution >= 0.6 is 0 Å². The molecule has 0 saturated carbocycles. The maximum atomic E-state index is 9.92. The molecule has 0 unspecified atom stereocenters. The summed E-state index contributed by atoms with van der Waals surface area (Å²) in [4.78, 5) is 0. The van der Waals surface area contributed by atoms with Gasteiger partial charge in [-0.1, -0.05) is 31.5 Å². The summed E-state index contributed by atoms with van der Waals surface area (Å²) in [5, 5.41) is 19.8. The fraction of sp³-hybridized carbons (Fsp3) is 0.250. The molecule has 2 rings (SSSR count). The van der Waals surface area contributed by atoms with Crippen molar-refractivity contribution in [1.29, 1.82) is 0 Å². The van der Waals surface area contributed by atoms with Gasteiger partial charge >= 0.3 is 0 Å². The first-order chi connectivity index (χ1) is 9.22. The fourth-order valence-corrected chi connectivity index (χ4v) is 1.86. The highest BCUT2D eigenvalue weighted by atomic mass is 16.5. The molecule has 0 heterocycles. The lowest BCUT2D eigenvalue weighted by Crippen LogP contribution is -1.96. The van der Waals surface area contributed by atoms with E-state index in [0.29, 0.717) is 23.5 Å². The van der Waals surface area contributed by atoms with E-state index in [0.717, 1.165) is 12.8 Å². The van der Waals surface area contributed by atoms with Crippen LogP contribution in [-0.4, -0.2) is 16.8 Å². The number of rotatable bonds is 5. The van der Waals surface area contributed by atoms with Crippen molar-refractivity contribution in [2.45, 2.75) is 19.8 Å². The molecule has 0 radical (unpaired) electrons. The zero-order valence-corrected chi connectivity index (χ0v) is 11.0. The van der Waals surface area contributed by atoms with E-state index < -0.39 is 0 Å². The maximum absolute atomic E-state index is 9.92. The number of phenols is 2. The summed E-state index contributed by atoms with van der Waals surface area (Å²) < 4.78 is 5.61. The van der Waals surface area contributed by atoms with Gasteiger partial charge in [0, 0.05) is 11.1 Å². The summed E-state index contributed by atoms with van der Waals surface area (Å²) in [7, 11) is 0. The van der Waals surface area contributed by atoms with E-state index in [1.165, 1.54) is 0 Å². The van der Waals surface area contributed by atoms with Crippen LogP contribution in [0.25, 0.3) is 11.1 Å². The zero-order valence-electron chi connectivity index (χ0n) is 11.0. The number of ether oxygens (including phenoxy) is 1. The van der Waals surface area contributed by atoms with Crippen molar-refractivity contribution in [3.8, 4) is 28.4 Å². The van der Waals surface area contributed by atoms with Crippen molar-refractivity contribution in [1.82, 2.24) is 0 Å². The first-order valence-corrected chi connectivity index (χ1v) is 6.46. The summed E-state index contributed by atoms with van der Waals surface area (Å²) in [6, 6.07) is 12.0. The summed E-state index contributed by atoms with van der Waals surface area (Å²) in [6.07, 6.45) is 2.07. The second kappa shape index (κ2) is 6.14. The minimum Gasteiger partial charge on any atom is -0.507 e. The SMILES string of the molecule is CCCCOc1ccc(O)c(-c2ccccc2O)c1. The number of unbranched alkanes of at least 4 members (excludes halogenated alkanes) is 1. The summed E-state index contributed by atoms with van der Waals surface area (Å²) in [5.74, 6) is 0.970. The fourth-order valence-electron chi connectivity index (χ4n) is 1.86. The van der Waals surface area contributed by atoms with Crippen LogP contribution in [0.5, 0.6) is 17.2 Å². The molecule has 0 aromatic heterocycles. The maximum Gasteiger partial charge on any atom is 0.123 e. The average Bonchev–Trinajstić information content (AvgIpc) is 2.42. The Bertz CT molecular complexity index is 549. The Kier molecular flexibility index (Phi) is 4.29.